The Kier molecular flexibility index (Phi) is 5.57. The zero-order valence-electron chi connectivity index (χ0n) is 11.0. The first kappa shape index (κ1) is 16.2. The first-order valence-electron chi connectivity index (χ1n) is 5.98. The summed E-state index contributed by atoms with van der Waals surface area (Å²) in [6, 6.07) is 14.3. The van der Waals surface area contributed by atoms with E-state index in [2.05, 4.69) is 45.2 Å². The highest BCUT2D eigenvalue weighted by Gasteiger charge is 2.12. The number of rotatable bonds is 4. The smallest absolute Gasteiger partial charge is 0.269 e. The zero-order chi connectivity index (χ0) is 15.4. The number of hydrogen-bond donors (Lipinski definition) is 0. The average Bonchev–Trinajstić information content (AvgIpc) is 2.53. The Morgan fingerprint density at radius 1 is 1.05 bits per heavy atom. The second-order valence-electron chi connectivity index (χ2n) is 4.13. The van der Waals surface area contributed by atoms with Crippen LogP contribution in [-0.2, 0) is 0 Å². The summed E-state index contributed by atoms with van der Waals surface area (Å²) >= 11 is 4.51. The molecule has 2 aromatic rings. The van der Waals surface area contributed by atoms with E-state index < -0.39 is 4.92 Å². The Balaban J connectivity index is 2.44. The lowest BCUT2D eigenvalue weighted by Gasteiger charge is -2.10. The summed E-state index contributed by atoms with van der Waals surface area (Å²) in [6.07, 6.45) is 0. The van der Waals surface area contributed by atoms with E-state index >= 15 is 0 Å². The van der Waals surface area contributed by atoms with Crippen LogP contribution >= 0.6 is 45.2 Å². The first-order valence-corrected chi connectivity index (χ1v) is 8.14. The number of halogens is 2. The van der Waals surface area contributed by atoms with Gasteiger partial charge in [-0.25, -0.2) is 0 Å². The van der Waals surface area contributed by atoms with Crippen LogP contribution < -0.4 is 4.74 Å². The fourth-order valence-corrected chi connectivity index (χ4v) is 3.21. The molecule has 0 saturated heterocycles. The maximum Gasteiger partial charge on any atom is 0.269 e. The Bertz CT molecular complexity index is 696. The molecule has 6 heteroatoms. The normalized spacial score (nSPS) is 11.8. The van der Waals surface area contributed by atoms with Crippen molar-refractivity contribution < 1.29 is 9.66 Å². The minimum Gasteiger partial charge on any atom is -0.496 e. The molecule has 0 spiro atoms. The molecule has 108 valence electrons. The number of para-hydroxylation sites is 1. The van der Waals surface area contributed by atoms with E-state index in [9.17, 15) is 10.1 Å². The Labute approximate surface area is 149 Å². The van der Waals surface area contributed by atoms with Gasteiger partial charge in [-0.3, -0.25) is 10.1 Å². The Morgan fingerprint density at radius 3 is 2.24 bits per heavy atom. The van der Waals surface area contributed by atoms with Gasteiger partial charge in [0.15, 0.2) is 0 Å². The molecule has 0 aliphatic rings. The van der Waals surface area contributed by atoms with Crippen molar-refractivity contribution in [3.63, 3.8) is 0 Å². The summed E-state index contributed by atoms with van der Waals surface area (Å²) in [5.41, 5.74) is 2.04. The van der Waals surface area contributed by atoms with Gasteiger partial charge in [0.2, 0.25) is 0 Å². The van der Waals surface area contributed by atoms with Gasteiger partial charge in [0.25, 0.3) is 5.69 Å². The number of nitro benzene ring substituents is 1. The maximum absolute atomic E-state index is 10.7. The third kappa shape index (κ3) is 3.73. The lowest BCUT2D eigenvalue weighted by Crippen LogP contribution is -1.90. The molecule has 0 bridgehead atoms. The Hall–Kier alpha value is -1.16. The number of methoxy groups -OCH3 is 1. The fourth-order valence-electron chi connectivity index (χ4n) is 1.80. The number of benzene rings is 2. The van der Waals surface area contributed by atoms with Crippen LogP contribution in [0.3, 0.4) is 0 Å². The van der Waals surface area contributed by atoms with Crippen molar-refractivity contribution in [2.45, 2.75) is 0 Å². The van der Waals surface area contributed by atoms with Crippen LogP contribution in [0.2, 0.25) is 0 Å². The monoisotopic (exact) mass is 507 g/mol. The summed E-state index contributed by atoms with van der Waals surface area (Å²) in [5.74, 6) is 0.804. The number of hydrogen-bond acceptors (Lipinski definition) is 3. The molecule has 21 heavy (non-hydrogen) atoms. The molecular weight excluding hydrogens is 496 g/mol. The standard InChI is InChI=1S/C15H11I2NO3/c1-21-13-5-3-2-4-12(13)15(17)14(16)10-6-8-11(9-7-10)18(19)20/h2-9H,1H3/b15-14+. The fraction of sp³-hybridized carbons (Fsp3) is 0.0667. The quantitative estimate of drug-likeness (QED) is 0.245. The molecule has 0 aliphatic heterocycles. The highest BCUT2D eigenvalue weighted by Crippen LogP contribution is 2.40. The van der Waals surface area contributed by atoms with Crippen LogP contribution in [0.15, 0.2) is 48.5 Å². The largest absolute Gasteiger partial charge is 0.496 e. The van der Waals surface area contributed by atoms with E-state index in [1.807, 2.05) is 24.3 Å². The molecule has 2 rings (SSSR count). The van der Waals surface area contributed by atoms with Crippen molar-refractivity contribution in [1.82, 2.24) is 0 Å². The first-order chi connectivity index (χ1) is 10.0. The molecule has 0 amide bonds. The molecule has 0 fully saturated rings. The van der Waals surface area contributed by atoms with Gasteiger partial charge in [-0.2, -0.15) is 0 Å². The van der Waals surface area contributed by atoms with Crippen LogP contribution in [0.5, 0.6) is 5.75 Å². The van der Waals surface area contributed by atoms with E-state index in [1.165, 1.54) is 12.1 Å². The molecule has 4 nitrogen and oxygen atoms in total. The van der Waals surface area contributed by atoms with Crippen LogP contribution in [0, 0.1) is 10.1 Å². The minimum absolute atomic E-state index is 0.0928. The SMILES string of the molecule is COc1ccccc1/C(I)=C(\I)c1ccc([N+](=O)[O-])cc1. The molecule has 0 aromatic heterocycles. The number of nitro groups is 1. The summed E-state index contributed by atoms with van der Waals surface area (Å²) in [6.45, 7) is 0. The van der Waals surface area contributed by atoms with E-state index in [0.29, 0.717) is 0 Å². The topological polar surface area (TPSA) is 52.4 Å². The summed E-state index contributed by atoms with van der Waals surface area (Å²) in [4.78, 5) is 10.3. The van der Waals surface area contributed by atoms with Crippen molar-refractivity contribution >= 4 is 58.0 Å². The third-order valence-electron chi connectivity index (χ3n) is 2.87. The second kappa shape index (κ2) is 7.21. The van der Waals surface area contributed by atoms with Gasteiger partial charge < -0.3 is 4.74 Å². The molecule has 0 saturated carbocycles. The van der Waals surface area contributed by atoms with Gasteiger partial charge in [0.1, 0.15) is 5.75 Å². The van der Waals surface area contributed by atoms with Crippen molar-refractivity contribution in [3.05, 3.63) is 69.8 Å². The van der Waals surface area contributed by atoms with Gasteiger partial charge in [-0.15, -0.1) is 0 Å². The summed E-state index contributed by atoms with van der Waals surface area (Å²) < 4.78 is 7.43. The third-order valence-corrected chi connectivity index (χ3v) is 6.18. The molecular formula is C15H11I2NO3. The summed E-state index contributed by atoms with van der Waals surface area (Å²) in [5, 5.41) is 10.7. The number of nitrogens with zero attached hydrogens (tertiary/aromatic N) is 1. The minimum atomic E-state index is -0.397. The molecule has 0 atom stereocenters. The van der Waals surface area contributed by atoms with E-state index in [4.69, 9.17) is 4.74 Å². The van der Waals surface area contributed by atoms with E-state index in [1.54, 1.807) is 19.2 Å². The zero-order valence-corrected chi connectivity index (χ0v) is 15.4. The van der Waals surface area contributed by atoms with Crippen molar-refractivity contribution in [3.8, 4) is 5.75 Å². The average molecular weight is 507 g/mol. The Morgan fingerprint density at radius 2 is 1.67 bits per heavy atom. The highest BCUT2D eigenvalue weighted by molar-refractivity contribution is 14.1. The lowest BCUT2D eigenvalue weighted by molar-refractivity contribution is -0.384. The molecule has 2 aromatic carbocycles. The predicted molar refractivity (Wildman–Crippen MR) is 101 cm³/mol. The van der Waals surface area contributed by atoms with Crippen LogP contribution in [-0.4, -0.2) is 12.0 Å². The van der Waals surface area contributed by atoms with Crippen molar-refractivity contribution in [1.29, 1.82) is 0 Å². The predicted octanol–water partition coefficient (Wildman–Crippen LogP) is 5.30. The highest BCUT2D eigenvalue weighted by atomic mass is 127. The molecule has 0 aliphatic carbocycles. The number of non-ortho nitro benzene ring substituents is 1. The second-order valence-corrected chi connectivity index (χ2v) is 6.29. The lowest BCUT2D eigenvalue weighted by atomic mass is 10.1. The van der Waals surface area contributed by atoms with Gasteiger partial charge >= 0.3 is 0 Å². The van der Waals surface area contributed by atoms with Crippen molar-refractivity contribution in [2.75, 3.05) is 7.11 Å². The van der Waals surface area contributed by atoms with Gasteiger partial charge in [0, 0.05) is 24.9 Å². The molecule has 0 heterocycles. The van der Waals surface area contributed by atoms with Crippen molar-refractivity contribution in [2.24, 2.45) is 0 Å². The maximum atomic E-state index is 10.7. The number of ether oxygens (including phenoxy) is 1. The van der Waals surface area contributed by atoms with Crippen LogP contribution in [0.4, 0.5) is 5.69 Å². The molecule has 0 radical (unpaired) electrons. The van der Waals surface area contributed by atoms with Gasteiger partial charge in [0.05, 0.1) is 12.0 Å². The van der Waals surface area contributed by atoms with Crippen LogP contribution in [0.25, 0.3) is 7.16 Å². The molecule has 0 unspecified atom stereocenters. The van der Waals surface area contributed by atoms with Gasteiger partial charge in [-0.1, -0.05) is 18.2 Å². The summed E-state index contributed by atoms with van der Waals surface area (Å²) in [7, 11) is 1.64. The van der Waals surface area contributed by atoms with E-state index in [-0.39, 0.29) is 5.69 Å². The van der Waals surface area contributed by atoms with Crippen LogP contribution in [0.1, 0.15) is 11.1 Å². The molecule has 0 N–H and O–H groups in total. The van der Waals surface area contributed by atoms with Gasteiger partial charge in [-0.05, 0) is 68.9 Å². The van der Waals surface area contributed by atoms with E-state index in [0.717, 1.165) is 24.0 Å².